The van der Waals surface area contributed by atoms with E-state index in [2.05, 4.69) is 26.1 Å². The smallest absolute Gasteiger partial charge is 0.213 e. The molecule has 0 spiro atoms. The van der Waals surface area contributed by atoms with E-state index in [1.54, 1.807) is 13.3 Å². The minimum atomic E-state index is -2.98. The first-order valence-electron chi connectivity index (χ1n) is 12.1. The standard InChI is InChI=1S/C25H29ClN4O3S/c1-33-23-10-15(5-6-27-23)25-20-11-19(21(26)12-22(20)28-29-25)16-8-17-13-30(14-18(17)9-16)24-4-2-3-7-34(24,31)32/h5-6,10-12,16-18,24H,2-4,7-9,13-14H2,1H3,(H,28,29)/t16?,17-,18+,24?. The average molecular weight is 501 g/mol. The first-order chi connectivity index (χ1) is 16.4. The van der Waals surface area contributed by atoms with Crippen LogP contribution in [0.4, 0.5) is 0 Å². The Morgan fingerprint density at radius 1 is 1.15 bits per heavy atom. The number of H-pyrrole nitrogens is 1. The van der Waals surface area contributed by atoms with Crippen LogP contribution in [0.1, 0.15) is 43.6 Å². The topological polar surface area (TPSA) is 88.2 Å². The van der Waals surface area contributed by atoms with Crippen LogP contribution < -0.4 is 4.74 Å². The van der Waals surface area contributed by atoms with E-state index in [4.69, 9.17) is 16.3 Å². The van der Waals surface area contributed by atoms with Crippen LogP contribution in [0.5, 0.6) is 5.88 Å². The summed E-state index contributed by atoms with van der Waals surface area (Å²) in [6.45, 7) is 1.78. The number of sulfone groups is 1. The molecular weight excluding hydrogens is 472 g/mol. The lowest BCUT2D eigenvalue weighted by molar-refractivity contribution is 0.258. The zero-order chi connectivity index (χ0) is 23.4. The zero-order valence-corrected chi connectivity index (χ0v) is 20.8. The molecule has 3 aliphatic rings. The molecule has 1 aliphatic carbocycles. The summed E-state index contributed by atoms with van der Waals surface area (Å²) in [4.78, 5) is 6.46. The molecular formula is C25H29ClN4O3S. The van der Waals surface area contributed by atoms with Gasteiger partial charge in [-0.15, -0.1) is 0 Å². The largest absolute Gasteiger partial charge is 0.481 e. The van der Waals surface area contributed by atoms with E-state index in [1.807, 2.05) is 18.2 Å². The first-order valence-corrected chi connectivity index (χ1v) is 14.2. The number of methoxy groups -OCH3 is 1. The maximum atomic E-state index is 12.6. The highest BCUT2D eigenvalue weighted by Crippen LogP contribution is 2.49. The molecule has 0 bridgehead atoms. The summed E-state index contributed by atoms with van der Waals surface area (Å²) in [6, 6.07) is 7.99. The van der Waals surface area contributed by atoms with Gasteiger partial charge in [-0.3, -0.25) is 10.00 Å². The fourth-order valence-electron chi connectivity index (χ4n) is 6.43. The van der Waals surface area contributed by atoms with Crippen molar-refractivity contribution < 1.29 is 13.2 Å². The Bertz CT molecular complexity index is 1330. The molecule has 3 aromatic rings. The van der Waals surface area contributed by atoms with Gasteiger partial charge in [-0.25, -0.2) is 13.4 Å². The number of aromatic nitrogens is 3. The predicted molar refractivity (Wildman–Crippen MR) is 133 cm³/mol. The minimum absolute atomic E-state index is 0.268. The monoisotopic (exact) mass is 500 g/mol. The second-order valence-electron chi connectivity index (χ2n) is 10.0. The number of halogens is 1. The number of likely N-dealkylation sites (tertiary alicyclic amines) is 1. The molecule has 2 aliphatic heterocycles. The lowest BCUT2D eigenvalue weighted by Crippen LogP contribution is -2.43. The van der Waals surface area contributed by atoms with Gasteiger partial charge >= 0.3 is 0 Å². The molecule has 1 saturated carbocycles. The van der Waals surface area contributed by atoms with Gasteiger partial charge in [-0.2, -0.15) is 5.10 Å². The molecule has 1 aromatic carbocycles. The molecule has 4 atom stereocenters. The van der Waals surface area contributed by atoms with Crippen molar-refractivity contribution in [3.63, 3.8) is 0 Å². The van der Waals surface area contributed by atoms with Gasteiger partial charge in [0.05, 0.1) is 18.4 Å². The van der Waals surface area contributed by atoms with Crippen LogP contribution in [0.2, 0.25) is 5.02 Å². The molecule has 9 heteroatoms. The molecule has 2 saturated heterocycles. The van der Waals surface area contributed by atoms with Crippen LogP contribution >= 0.6 is 11.6 Å². The van der Waals surface area contributed by atoms with Crippen molar-refractivity contribution in [1.29, 1.82) is 0 Å². The highest BCUT2D eigenvalue weighted by atomic mass is 35.5. The SMILES string of the molecule is COc1cc(-c2n[nH]c3cc(Cl)c(C4C[C@@H]5CN(C6CCCCS6(=O)=O)C[C@@H]5C4)cc23)ccn1. The van der Waals surface area contributed by atoms with Gasteiger partial charge < -0.3 is 4.74 Å². The number of hydrogen-bond donors (Lipinski definition) is 1. The molecule has 1 N–H and O–H groups in total. The van der Waals surface area contributed by atoms with Gasteiger partial charge in [0.1, 0.15) is 11.1 Å². The lowest BCUT2D eigenvalue weighted by Gasteiger charge is -2.31. The Balaban J connectivity index is 1.25. The van der Waals surface area contributed by atoms with Crippen LogP contribution in [0, 0.1) is 11.8 Å². The van der Waals surface area contributed by atoms with Gasteiger partial charge in [0.15, 0.2) is 9.84 Å². The summed E-state index contributed by atoms with van der Waals surface area (Å²) < 4.78 is 30.5. The van der Waals surface area contributed by atoms with E-state index in [0.29, 0.717) is 29.4 Å². The van der Waals surface area contributed by atoms with Crippen molar-refractivity contribution in [2.24, 2.45) is 11.8 Å². The average Bonchev–Trinajstić information content (AvgIpc) is 3.51. The van der Waals surface area contributed by atoms with Gasteiger partial charge in [-0.05, 0) is 73.6 Å². The molecule has 2 unspecified atom stereocenters. The van der Waals surface area contributed by atoms with E-state index in [0.717, 1.165) is 72.4 Å². The maximum Gasteiger partial charge on any atom is 0.213 e. The third kappa shape index (κ3) is 3.80. The van der Waals surface area contributed by atoms with Crippen LogP contribution in [0.25, 0.3) is 22.2 Å². The highest BCUT2D eigenvalue weighted by molar-refractivity contribution is 7.92. The van der Waals surface area contributed by atoms with Crippen molar-refractivity contribution in [2.45, 2.75) is 43.4 Å². The summed E-state index contributed by atoms with van der Waals surface area (Å²) in [7, 11) is -1.38. The third-order valence-electron chi connectivity index (χ3n) is 8.07. The molecule has 6 rings (SSSR count). The molecule has 0 radical (unpaired) electrons. The fraction of sp³-hybridized carbons (Fsp3) is 0.520. The number of fused-ring (bicyclic) bond motifs is 2. The summed E-state index contributed by atoms with van der Waals surface area (Å²) in [6.07, 6.45) is 6.44. The number of hydrogen-bond acceptors (Lipinski definition) is 6. The number of pyridine rings is 1. The van der Waals surface area contributed by atoms with Gasteiger partial charge in [0, 0.05) is 41.3 Å². The minimum Gasteiger partial charge on any atom is -0.481 e. The van der Waals surface area contributed by atoms with Crippen LogP contribution in [-0.4, -0.2) is 59.8 Å². The van der Waals surface area contributed by atoms with E-state index < -0.39 is 9.84 Å². The fourth-order valence-corrected chi connectivity index (χ4v) is 8.78. The summed E-state index contributed by atoms with van der Waals surface area (Å²) >= 11 is 6.76. The van der Waals surface area contributed by atoms with Crippen LogP contribution in [0.3, 0.4) is 0 Å². The van der Waals surface area contributed by atoms with Crippen molar-refractivity contribution >= 4 is 32.3 Å². The number of rotatable bonds is 4. The van der Waals surface area contributed by atoms with E-state index in [9.17, 15) is 8.42 Å². The number of ether oxygens (including phenoxy) is 1. The van der Waals surface area contributed by atoms with Gasteiger partial charge in [-0.1, -0.05) is 11.6 Å². The number of nitrogens with zero attached hydrogens (tertiary/aromatic N) is 3. The molecule has 2 aromatic heterocycles. The zero-order valence-electron chi connectivity index (χ0n) is 19.2. The Hall–Kier alpha value is -2.16. The molecule has 180 valence electrons. The Kier molecular flexibility index (Phi) is 5.58. The highest BCUT2D eigenvalue weighted by Gasteiger charge is 2.46. The van der Waals surface area contributed by atoms with Gasteiger partial charge in [0.25, 0.3) is 0 Å². The van der Waals surface area contributed by atoms with Crippen LogP contribution in [0.15, 0.2) is 30.5 Å². The number of benzene rings is 1. The Morgan fingerprint density at radius 2 is 1.94 bits per heavy atom. The van der Waals surface area contributed by atoms with Crippen molar-refractivity contribution in [3.05, 3.63) is 41.0 Å². The summed E-state index contributed by atoms with van der Waals surface area (Å²) in [5, 5.41) is 9.21. The maximum absolute atomic E-state index is 12.6. The second-order valence-corrected chi connectivity index (χ2v) is 12.7. The van der Waals surface area contributed by atoms with E-state index in [1.165, 1.54) is 5.56 Å². The summed E-state index contributed by atoms with van der Waals surface area (Å²) in [5.41, 5.74) is 3.88. The van der Waals surface area contributed by atoms with Crippen molar-refractivity contribution in [2.75, 3.05) is 26.0 Å². The molecule has 4 heterocycles. The van der Waals surface area contributed by atoms with Gasteiger partial charge in [0.2, 0.25) is 5.88 Å². The Morgan fingerprint density at radius 3 is 2.68 bits per heavy atom. The quantitative estimate of drug-likeness (QED) is 0.561. The molecule has 34 heavy (non-hydrogen) atoms. The summed E-state index contributed by atoms with van der Waals surface area (Å²) in [5.74, 6) is 2.34. The number of aromatic amines is 1. The third-order valence-corrected chi connectivity index (χ3v) is 10.6. The number of nitrogens with one attached hydrogen (secondary N) is 1. The normalized spacial score (nSPS) is 28.9. The predicted octanol–water partition coefficient (Wildman–Crippen LogP) is 4.64. The van der Waals surface area contributed by atoms with E-state index in [-0.39, 0.29) is 5.37 Å². The van der Waals surface area contributed by atoms with E-state index >= 15 is 0 Å². The molecule has 0 amide bonds. The molecule has 7 nitrogen and oxygen atoms in total. The first kappa shape index (κ1) is 22.3. The van der Waals surface area contributed by atoms with Crippen molar-refractivity contribution in [1.82, 2.24) is 20.1 Å². The van der Waals surface area contributed by atoms with Crippen LogP contribution in [-0.2, 0) is 9.84 Å². The molecule has 3 fully saturated rings. The Labute approximate surface area is 204 Å². The van der Waals surface area contributed by atoms with Crippen molar-refractivity contribution in [3.8, 4) is 17.1 Å². The second kappa shape index (κ2) is 8.50. The lowest BCUT2D eigenvalue weighted by atomic mass is 9.93.